The first-order valence-electron chi connectivity index (χ1n) is 8.33. The van der Waals surface area contributed by atoms with E-state index in [1.54, 1.807) is 23.1 Å². The van der Waals surface area contributed by atoms with E-state index in [1.165, 1.54) is 11.8 Å². The fourth-order valence-corrected chi connectivity index (χ4v) is 3.68. The van der Waals surface area contributed by atoms with Crippen molar-refractivity contribution in [1.29, 1.82) is 0 Å². The van der Waals surface area contributed by atoms with Gasteiger partial charge < -0.3 is 5.32 Å². The van der Waals surface area contributed by atoms with Gasteiger partial charge in [0.15, 0.2) is 5.17 Å². The van der Waals surface area contributed by atoms with E-state index in [4.69, 9.17) is 11.6 Å². The molecule has 0 bridgehead atoms. The minimum Gasteiger partial charge on any atom is -0.376 e. The van der Waals surface area contributed by atoms with E-state index in [9.17, 15) is 9.59 Å². The Balaban J connectivity index is 1.66. The summed E-state index contributed by atoms with van der Waals surface area (Å²) in [6, 6.07) is 13.0. The minimum absolute atomic E-state index is 0.0410. The number of benzene rings is 2. The van der Waals surface area contributed by atoms with Crippen LogP contribution in [0, 0.1) is 13.8 Å². The van der Waals surface area contributed by atoms with Crippen LogP contribution in [0.1, 0.15) is 11.1 Å². The number of thioether (sulfide) groups is 1. The van der Waals surface area contributed by atoms with Gasteiger partial charge in [-0.2, -0.15) is 0 Å². The highest BCUT2D eigenvalue weighted by molar-refractivity contribution is 8.15. The van der Waals surface area contributed by atoms with Crippen molar-refractivity contribution in [2.45, 2.75) is 13.8 Å². The molecule has 0 atom stereocenters. The van der Waals surface area contributed by atoms with Gasteiger partial charge in [0.1, 0.15) is 0 Å². The van der Waals surface area contributed by atoms with E-state index in [1.807, 2.05) is 38.1 Å². The highest BCUT2D eigenvalue weighted by Gasteiger charge is 2.31. The topological polar surface area (TPSA) is 73.8 Å². The van der Waals surface area contributed by atoms with Crippen LogP contribution in [0.5, 0.6) is 0 Å². The van der Waals surface area contributed by atoms with Crippen molar-refractivity contribution in [3.63, 3.8) is 0 Å². The maximum absolute atomic E-state index is 12.3. The normalized spacial score (nSPS) is 15.3. The lowest BCUT2D eigenvalue weighted by Crippen LogP contribution is -2.33. The summed E-state index contributed by atoms with van der Waals surface area (Å²) in [6.07, 6.45) is 0. The van der Waals surface area contributed by atoms with Crippen LogP contribution in [0.4, 0.5) is 11.4 Å². The predicted molar refractivity (Wildman–Crippen MR) is 111 cm³/mol. The Kier molecular flexibility index (Phi) is 6.03. The van der Waals surface area contributed by atoms with Gasteiger partial charge in [-0.25, -0.2) is 5.43 Å². The smallest absolute Gasteiger partial charge is 0.259 e. The van der Waals surface area contributed by atoms with Crippen molar-refractivity contribution < 1.29 is 9.59 Å². The monoisotopic (exact) mass is 402 g/mol. The Morgan fingerprint density at radius 3 is 2.81 bits per heavy atom. The van der Waals surface area contributed by atoms with Gasteiger partial charge in [-0.05, 0) is 43.7 Å². The lowest BCUT2D eigenvalue weighted by molar-refractivity contribution is -0.119. The maximum Gasteiger partial charge on any atom is 0.259 e. The molecule has 1 aliphatic rings. The molecule has 0 unspecified atom stereocenters. The molecule has 1 saturated heterocycles. The molecule has 2 aromatic rings. The van der Waals surface area contributed by atoms with Gasteiger partial charge in [-0.1, -0.05) is 47.1 Å². The third kappa shape index (κ3) is 4.81. The molecule has 1 heterocycles. The quantitative estimate of drug-likeness (QED) is 0.750. The van der Waals surface area contributed by atoms with Crippen molar-refractivity contribution in [2.75, 3.05) is 22.5 Å². The summed E-state index contributed by atoms with van der Waals surface area (Å²) in [5, 5.41) is 8.17. The summed E-state index contributed by atoms with van der Waals surface area (Å²) in [6.45, 7) is 3.99. The summed E-state index contributed by atoms with van der Waals surface area (Å²) < 4.78 is 0. The Hall–Kier alpha value is -2.51. The molecule has 0 spiro atoms. The van der Waals surface area contributed by atoms with Gasteiger partial charge in [0.05, 0.1) is 18.0 Å². The number of nitrogens with one attached hydrogen (secondary N) is 2. The number of hydrazone groups is 1. The minimum atomic E-state index is -0.317. The highest BCUT2D eigenvalue weighted by atomic mass is 35.5. The number of halogens is 1. The van der Waals surface area contributed by atoms with Crippen LogP contribution >= 0.6 is 23.4 Å². The van der Waals surface area contributed by atoms with E-state index < -0.39 is 0 Å². The van der Waals surface area contributed by atoms with Gasteiger partial charge in [0.25, 0.3) is 5.91 Å². The van der Waals surface area contributed by atoms with Gasteiger partial charge in [0.2, 0.25) is 5.91 Å². The molecule has 2 N–H and O–H groups in total. The van der Waals surface area contributed by atoms with Crippen molar-refractivity contribution in [3.8, 4) is 0 Å². The second-order valence-corrected chi connectivity index (χ2v) is 7.48. The number of hydrogen-bond acceptors (Lipinski definition) is 5. The first kappa shape index (κ1) is 19.3. The summed E-state index contributed by atoms with van der Waals surface area (Å²) >= 11 is 7.21. The number of hydrogen-bond donors (Lipinski definition) is 2. The number of aryl methyl sites for hydroxylation is 2. The molecule has 1 aliphatic heterocycles. The second kappa shape index (κ2) is 8.45. The van der Waals surface area contributed by atoms with Crippen LogP contribution in [0.3, 0.4) is 0 Å². The fourth-order valence-electron chi connectivity index (χ4n) is 2.67. The van der Waals surface area contributed by atoms with Crippen molar-refractivity contribution >= 4 is 51.7 Å². The Morgan fingerprint density at radius 2 is 2.07 bits per heavy atom. The van der Waals surface area contributed by atoms with Crippen molar-refractivity contribution in [2.24, 2.45) is 5.10 Å². The molecule has 0 saturated carbocycles. The van der Waals surface area contributed by atoms with E-state index in [2.05, 4.69) is 15.8 Å². The number of anilines is 2. The average Bonchev–Trinajstić information content (AvgIpc) is 2.99. The van der Waals surface area contributed by atoms with Crippen LogP contribution < -0.4 is 15.6 Å². The van der Waals surface area contributed by atoms with E-state index in [-0.39, 0.29) is 18.4 Å². The zero-order chi connectivity index (χ0) is 19.4. The van der Waals surface area contributed by atoms with E-state index >= 15 is 0 Å². The molecule has 1 fully saturated rings. The van der Waals surface area contributed by atoms with E-state index in [0.717, 1.165) is 22.5 Å². The van der Waals surface area contributed by atoms with E-state index in [0.29, 0.717) is 15.9 Å². The second-order valence-electron chi connectivity index (χ2n) is 6.10. The first-order valence-corrected chi connectivity index (χ1v) is 9.69. The number of amidine groups is 1. The lowest BCUT2D eigenvalue weighted by atomic mass is 10.1. The molecule has 2 amide bonds. The summed E-state index contributed by atoms with van der Waals surface area (Å²) in [4.78, 5) is 25.9. The zero-order valence-electron chi connectivity index (χ0n) is 15.0. The molecule has 2 aromatic carbocycles. The van der Waals surface area contributed by atoms with Crippen LogP contribution in [0.25, 0.3) is 0 Å². The van der Waals surface area contributed by atoms with Gasteiger partial charge in [-0.3, -0.25) is 14.5 Å². The summed E-state index contributed by atoms with van der Waals surface area (Å²) in [5.74, 6) is -0.0806. The Labute approximate surface area is 167 Å². The molecule has 0 radical (unpaired) electrons. The molecule has 3 rings (SSSR count). The summed E-state index contributed by atoms with van der Waals surface area (Å²) in [5.41, 5.74) is 6.12. The highest BCUT2D eigenvalue weighted by Crippen LogP contribution is 2.29. The van der Waals surface area contributed by atoms with Crippen LogP contribution in [-0.4, -0.2) is 29.3 Å². The summed E-state index contributed by atoms with van der Waals surface area (Å²) in [7, 11) is 0. The number of rotatable bonds is 5. The van der Waals surface area contributed by atoms with Gasteiger partial charge in [-0.15, -0.1) is 5.10 Å². The molecular formula is C19H19ClN4O2S. The molecule has 0 aromatic heterocycles. The fraction of sp³-hybridized carbons (Fsp3) is 0.211. The molecule has 8 heteroatoms. The molecular weight excluding hydrogens is 384 g/mol. The number of amides is 2. The number of nitrogens with zero attached hydrogens (tertiary/aromatic N) is 2. The number of carbonyl (C=O) groups is 2. The Morgan fingerprint density at radius 1 is 1.26 bits per heavy atom. The zero-order valence-corrected chi connectivity index (χ0v) is 16.5. The standard InChI is InChI=1S/C19H19ClN4O2S/c1-12-6-7-16(13(2)8-12)24-18(26)11-27-19(24)23-22-17(25)10-21-15-5-3-4-14(20)9-15/h3-9,21H,10-11H2,1-2H3,(H,22,25)/b23-19-. The molecule has 27 heavy (non-hydrogen) atoms. The number of carbonyl (C=O) groups excluding carboxylic acids is 2. The van der Waals surface area contributed by atoms with Crippen molar-refractivity contribution in [1.82, 2.24) is 5.43 Å². The van der Waals surface area contributed by atoms with Crippen LogP contribution in [-0.2, 0) is 9.59 Å². The Bertz CT molecular complexity index is 916. The van der Waals surface area contributed by atoms with Crippen molar-refractivity contribution in [3.05, 3.63) is 58.6 Å². The van der Waals surface area contributed by atoms with Gasteiger partial charge in [0, 0.05) is 10.7 Å². The van der Waals surface area contributed by atoms with Crippen LogP contribution in [0.15, 0.2) is 47.6 Å². The molecule has 140 valence electrons. The third-order valence-electron chi connectivity index (χ3n) is 3.91. The average molecular weight is 403 g/mol. The SMILES string of the molecule is Cc1ccc(N2C(=O)CS/C2=N\NC(=O)CNc2cccc(Cl)c2)c(C)c1. The predicted octanol–water partition coefficient (Wildman–Crippen LogP) is 3.54. The molecule has 6 nitrogen and oxygen atoms in total. The third-order valence-corrected chi connectivity index (χ3v) is 5.07. The lowest BCUT2D eigenvalue weighted by Gasteiger charge is -2.18. The molecule has 0 aliphatic carbocycles. The first-order chi connectivity index (χ1) is 12.9. The largest absolute Gasteiger partial charge is 0.376 e. The maximum atomic E-state index is 12.3. The van der Waals surface area contributed by atoms with Crippen LogP contribution in [0.2, 0.25) is 5.02 Å². The van der Waals surface area contributed by atoms with Gasteiger partial charge >= 0.3 is 0 Å².